The van der Waals surface area contributed by atoms with E-state index in [1.165, 1.54) is 37.7 Å². The van der Waals surface area contributed by atoms with Crippen LogP contribution in [0, 0.1) is 5.82 Å². The number of ether oxygens (including phenoxy) is 2. The molecule has 0 aliphatic carbocycles. The van der Waals surface area contributed by atoms with Crippen LogP contribution in [-0.2, 0) is 0 Å². The molecule has 0 saturated carbocycles. The van der Waals surface area contributed by atoms with E-state index in [9.17, 15) is 14.0 Å². The van der Waals surface area contributed by atoms with Crippen molar-refractivity contribution in [2.75, 3.05) is 14.2 Å². The standard InChI is InChI=1S/C19H16FN3O4S/c1-26-15-5-3-4-13(16(15)27-2)19-21-14(10-28-19)18(25)23-22-17(24)11-6-8-12(20)9-7-11/h3-10H,1-2H3,(H,22,24)(H,23,25). The van der Waals surface area contributed by atoms with E-state index in [2.05, 4.69) is 15.8 Å². The summed E-state index contributed by atoms with van der Waals surface area (Å²) in [5.74, 6) is -0.551. The summed E-state index contributed by atoms with van der Waals surface area (Å²) in [6.45, 7) is 0. The van der Waals surface area contributed by atoms with Gasteiger partial charge in [0, 0.05) is 10.9 Å². The Morgan fingerprint density at radius 2 is 1.71 bits per heavy atom. The van der Waals surface area contributed by atoms with Crippen LogP contribution in [0.5, 0.6) is 11.5 Å². The Labute approximate surface area is 164 Å². The molecule has 1 aromatic heterocycles. The van der Waals surface area contributed by atoms with E-state index in [0.717, 1.165) is 12.1 Å². The van der Waals surface area contributed by atoms with E-state index in [-0.39, 0.29) is 11.3 Å². The normalized spacial score (nSPS) is 10.2. The summed E-state index contributed by atoms with van der Waals surface area (Å²) in [6.07, 6.45) is 0. The number of carbonyl (C=O) groups is 2. The Morgan fingerprint density at radius 3 is 2.39 bits per heavy atom. The number of para-hydroxylation sites is 1. The molecule has 3 rings (SSSR count). The highest BCUT2D eigenvalue weighted by atomic mass is 32.1. The first kappa shape index (κ1) is 19.3. The van der Waals surface area contributed by atoms with Crippen LogP contribution in [0.1, 0.15) is 20.8 Å². The van der Waals surface area contributed by atoms with Gasteiger partial charge in [-0.3, -0.25) is 20.4 Å². The maximum Gasteiger partial charge on any atom is 0.289 e. The molecule has 0 aliphatic heterocycles. The molecule has 2 N–H and O–H groups in total. The number of hydrogen-bond donors (Lipinski definition) is 2. The lowest BCUT2D eigenvalue weighted by atomic mass is 10.2. The number of carbonyl (C=O) groups excluding carboxylic acids is 2. The summed E-state index contributed by atoms with van der Waals surface area (Å²) < 4.78 is 23.6. The van der Waals surface area contributed by atoms with Crippen molar-refractivity contribution in [3.8, 4) is 22.1 Å². The van der Waals surface area contributed by atoms with Crippen molar-refractivity contribution in [2.45, 2.75) is 0 Å². The van der Waals surface area contributed by atoms with Gasteiger partial charge in [-0.1, -0.05) is 6.07 Å². The SMILES string of the molecule is COc1cccc(-c2nc(C(=O)NNC(=O)c3ccc(F)cc3)cs2)c1OC. The van der Waals surface area contributed by atoms with E-state index in [1.54, 1.807) is 23.6 Å². The number of nitrogens with zero attached hydrogens (tertiary/aromatic N) is 1. The van der Waals surface area contributed by atoms with E-state index >= 15 is 0 Å². The van der Waals surface area contributed by atoms with Crippen molar-refractivity contribution < 1.29 is 23.5 Å². The van der Waals surface area contributed by atoms with Crippen LogP contribution in [0.2, 0.25) is 0 Å². The van der Waals surface area contributed by atoms with Crippen LogP contribution >= 0.6 is 11.3 Å². The summed E-state index contributed by atoms with van der Waals surface area (Å²) >= 11 is 1.25. The number of halogens is 1. The summed E-state index contributed by atoms with van der Waals surface area (Å²) in [7, 11) is 3.06. The predicted molar refractivity (Wildman–Crippen MR) is 102 cm³/mol. The molecule has 0 radical (unpaired) electrons. The molecule has 2 aromatic carbocycles. The molecule has 2 amide bonds. The molecular weight excluding hydrogens is 385 g/mol. The lowest BCUT2D eigenvalue weighted by molar-refractivity contribution is 0.0844. The number of benzene rings is 2. The van der Waals surface area contributed by atoms with Gasteiger partial charge in [0.1, 0.15) is 16.5 Å². The second-order valence-corrected chi connectivity index (χ2v) is 6.35. The van der Waals surface area contributed by atoms with Gasteiger partial charge in [0.15, 0.2) is 11.5 Å². The molecule has 3 aromatic rings. The first-order valence-corrected chi connectivity index (χ1v) is 8.94. The van der Waals surface area contributed by atoms with E-state index in [0.29, 0.717) is 22.1 Å². The van der Waals surface area contributed by atoms with Crippen molar-refractivity contribution in [3.05, 3.63) is 64.9 Å². The number of amides is 2. The zero-order chi connectivity index (χ0) is 20.1. The second-order valence-electron chi connectivity index (χ2n) is 5.49. The third-order valence-electron chi connectivity index (χ3n) is 3.77. The summed E-state index contributed by atoms with van der Waals surface area (Å²) in [5, 5.41) is 2.12. The van der Waals surface area contributed by atoms with E-state index < -0.39 is 17.6 Å². The largest absolute Gasteiger partial charge is 0.493 e. The number of aromatic nitrogens is 1. The van der Waals surface area contributed by atoms with Crippen molar-refractivity contribution in [1.29, 1.82) is 0 Å². The summed E-state index contributed by atoms with van der Waals surface area (Å²) in [5.41, 5.74) is 5.57. The zero-order valence-corrected chi connectivity index (χ0v) is 15.8. The van der Waals surface area contributed by atoms with Gasteiger partial charge in [0.05, 0.1) is 19.8 Å². The Hall–Kier alpha value is -3.46. The van der Waals surface area contributed by atoms with Gasteiger partial charge in [-0.2, -0.15) is 0 Å². The van der Waals surface area contributed by atoms with Crippen molar-refractivity contribution in [1.82, 2.24) is 15.8 Å². The van der Waals surface area contributed by atoms with Gasteiger partial charge in [0.25, 0.3) is 11.8 Å². The number of hydrogen-bond acceptors (Lipinski definition) is 6. The Bertz CT molecular complexity index is 1000. The molecule has 0 spiro atoms. The number of methoxy groups -OCH3 is 2. The third-order valence-corrected chi connectivity index (χ3v) is 4.64. The summed E-state index contributed by atoms with van der Waals surface area (Å²) in [6, 6.07) is 10.3. The van der Waals surface area contributed by atoms with Gasteiger partial charge in [-0.05, 0) is 36.4 Å². The monoisotopic (exact) mass is 401 g/mol. The highest BCUT2D eigenvalue weighted by molar-refractivity contribution is 7.13. The quantitative estimate of drug-likeness (QED) is 0.642. The molecule has 0 unspecified atom stereocenters. The second kappa shape index (κ2) is 8.49. The number of hydrazine groups is 1. The van der Waals surface area contributed by atoms with Gasteiger partial charge < -0.3 is 9.47 Å². The maximum absolute atomic E-state index is 12.9. The molecular formula is C19H16FN3O4S. The molecule has 28 heavy (non-hydrogen) atoms. The highest BCUT2D eigenvalue weighted by Gasteiger charge is 2.17. The van der Waals surface area contributed by atoms with Gasteiger partial charge in [-0.15, -0.1) is 11.3 Å². The van der Waals surface area contributed by atoms with Crippen LogP contribution in [0.15, 0.2) is 47.8 Å². The smallest absolute Gasteiger partial charge is 0.289 e. The molecule has 0 bridgehead atoms. The minimum atomic E-state index is -0.583. The average Bonchev–Trinajstić information content (AvgIpc) is 3.21. The molecule has 1 heterocycles. The predicted octanol–water partition coefficient (Wildman–Crippen LogP) is 3.04. The fraction of sp³-hybridized carbons (Fsp3) is 0.105. The maximum atomic E-state index is 12.9. The van der Waals surface area contributed by atoms with Crippen molar-refractivity contribution >= 4 is 23.2 Å². The molecule has 9 heteroatoms. The Kier molecular flexibility index (Phi) is 5.85. The molecule has 0 aliphatic rings. The topological polar surface area (TPSA) is 89.5 Å². The lowest BCUT2D eigenvalue weighted by Crippen LogP contribution is -2.41. The van der Waals surface area contributed by atoms with Crippen molar-refractivity contribution in [2.24, 2.45) is 0 Å². The molecule has 144 valence electrons. The van der Waals surface area contributed by atoms with E-state index in [4.69, 9.17) is 9.47 Å². The fourth-order valence-electron chi connectivity index (χ4n) is 2.41. The highest BCUT2D eigenvalue weighted by Crippen LogP contribution is 2.38. The minimum Gasteiger partial charge on any atom is -0.493 e. The third kappa shape index (κ3) is 4.09. The number of thiazole rings is 1. The summed E-state index contributed by atoms with van der Waals surface area (Å²) in [4.78, 5) is 28.5. The fourth-order valence-corrected chi connectivity index (χ4v) is 3.23. The first-order valence-electron chi connectivity index (χ1n) is 8.06. The van der Waals surface area contributed by atoms with Gasteiger partial charge in [0.2, 0.25) is 0 Å². The van der Waals surface area contributed by atoms with Gasteiger partial charge >= 0.3 is 0 Å². The minimum absolute atomic E-state index is 0.129. The van der Waals surface area contributed by atoms with E-state index in [1.807, 2.05) is 0 Å². The van der Waals surface area contributed by atoms with Crippen LogP contribution in [-0.4, -0.2) is 31.0 Å². The first-order chi connectivity index (χ1) is 13.5. The molecule has 7 nitrogen and oxygen atoms in total. The number of rotatable bonds is 5. The average molecular weight is 401 g/mol. The number of nitrogens with one attached hydrogen (secondary N) is 2. The molecule has 0 saturated heterocycles. The molecule has 0 fully saturated rings. The van der Waals surface area contributed by atoms with Crippen LogP contribution in [0.25, 0.3) is 10.6 Å². The zero-order valence-electron chi connectivity index (χ0n) is 15.0. The molecule has 0 atom stereocenters. The van der Waals surface area contributed by atoms with Gasteiger partial charge in [-0.25, -0.2) is 9.37 Å². The Morgan fingerprint density at radius 1 is 1.00 bits per heavy atom. The lowest BCUT2D eigenvalue weighted by Gasteiger charge is -2.10. The van der Waals surface area contributed by atoms with Crippen LogP contribution in [0.3, 0.4) is 0 Å². The van der Waals surface area contributed by atoms with Crippen LogP contribution in [0.4, 0.5) is 4.39 Å². The van der Waals surface area contributed by atoms with Crippen molar-refractivity contribution in [3.63, 3.8) is 0 Å². The van der Waals surface area contributed by atoms with Crippen LogP contribution < -0.4 is 20.3 Å². The Balaban J connectivity index is 1.71.